The number of benzene rings is 3. The van der Waals surface area contributed by atoms with Crippen molar-refractivity contribution in [1.29, 1.82) is 0 Å². The summed E-state index contributed by atoms with van der Waals surface area (Å²) in [4.78, 5) is 26.1. The van der Waals surface area contributed by atoms with E-state index in [1.54, 1.807) is 14.2 Å². The van der Waals surface area contributed by atoms with Crippen LogP contribution in [0.3, 0.4) is 0 Å². The molecule has 0 aliphatic carbocycles. The molecule has 0 spiro atoms. The fourth-order valence-corrected chi connectivity index (χ4v) is 6.42. The summed E-state index contributed by atoms with van der Waals surface area (Å²) >= 11 is 0. The summed E-state index contributed by atoms with van der Waals surface area (Å²) in [6, 6.07) is 26.1. The maximum Gasteiger partial charge on any atom is 0.305 e. The van der Waals surface area contributed by atoms with Crippen molar-refractivity contribution in [3.63, 3.8) is 0 Å². The van der Waals surface area contributed by atoms with Gasteiger partial charge >= 0.3 is 5.97 Å². The van der Waals surface area contributed by atoms with E-state index in [4.69, 9.17) is 14.2 Å². The number of carbonyl (C=O) groups excluding carboxylic acids is 2. The van der Waals surface area contributed by atoms with Crippen LogP contribution < -0.4 is 9.47 Å². The van der Waals surface area contributed by atoms with Crippen LogP contribution in [0.2, 0.25) is 0 Å². The van der Waals surface area contributed by atoms with Gasteiger partial charge in [-0.1, -0.05) is 67.4 Å². The van der Waals surface area contributed by atoms with Gasteiger partial charge in [-0.2, -0.15) is 0 Å². The Kier molecular flexibility index (Phi) is 13.5. The van der Waals surface area contributed by atoms with Crippen LogP contribution in [-0.2, 0) is 24.7 Å². The Morgan fingerprint density at radius 1 is 0.761 bits per heavy atom. The van der Waals surface area contributed by atoms with Gasteiger partial charge in [-0.25, -0.2) is 0 Å². The van der Waals surface area contributed by atoms with E-state index in [1.807, 2.05) is 71.6 Å². The number of hydrogen-bond donors (Lipinski definition) is 1. The number of carbonyl (C=O) groups is 2. The number of methoxy groups -OCH3 is 3. The molecule has 1 fully saturated rings. The van der Waals surface area contributed by atoms with E-state index in [1.165, 1.54) is 7.11 Å². The molecule has 1 N–H and O–H groups in total. The van der Waals surface area contributed by atoms with Crippen molar-refractivity contribution < 1.29 is 33.6 Å². The van der Waals surface area contributed by atoms with Crippen molar-refractivity contribution in [2.45, 2.75) is 57.0 Å². The molecule has 4 rings (SSSR count). The first kappa shape index (κ1) is 35.0. The number of amides is 1. The number of piperidine rings is 1. The van der Waals surface area contributed by atoms with E-state index in [-0.39, 0.29) is 30.3 Å². The van der Waals surface area contributed by atoms with Gasteiger partial charge in [-0.15, -0.1) is 0 Å². The minimum absolute atomic E-state index is 0.000280. The Balaban J connectivity index is 1.45. The minimum Gasteiger partial charge on any atom is -0.497 e. The SMILES string of the molecule is COC(=O)CCCCCCC(=O)N1CCC(C(CO)COC(c2ccccc2)(c2ccc(OC)cc2)c2ccc(OC)cc2)CC1. The van der Waals surface area contributed by atoms with Crippen molar-refractivity contribution in [2.75, 3.05) is 47.6 Å². The predicted molar refractivity (Wildman–Crippen MR) is 178 cm³/mol. The minimum atomic E-state index is -0.944. The summed E-state index contributed by atoms with van der Waals surface area (Å²) in [6.07, 6.45) is 6.06. The molecule has 248 valence electrons. The molecule has 1 saturated heterocycles. The Morgan fingerprint density at radius 2 is 1.28 bits per heavy atom. The van der Waals surface area contributed by atoms with Crippen LogP contribution in [0, 0.1) is 11.8 Å². The molecule has 0 bridgehead atoms. The Hall–Kier alpha value is -3.88. The van der Waals surface area contributed by atoms with E-state index in [0.717, 1.165) is 66.7 Å². The molecule has 8 heteroatoms. The zero-order valence-electron chi connectivity index (χ0n) is 27.5. The van der Waals surface area contributed by atoms with Gasteiger partial charge in [0.1, 0.15) is 17.1 Å². The Labute approximate surface area is 273 Å². The molecular formula is C38H49NO7. The maximum absolute atomic E-state index is 12.9. The molecule has 1 heterocycles. The van der Waals surface area contributed by atoms with Gasteiger partial charge in [0, 0.05) is 38.5 Å². The van der Waals surface area contributed by atoms with Crippen molar-refractivity contribution in [3.05, 3.63) is 95.6 Å². The highest BCUT2D eigenvalue weighted by atomic mass is 16.5. The highest BCUT2D eigenvalue weighted by Crippen LogP contribution is 2.42. The number of ether oxygens (including phenoxy) is 4. The fraction of sp³-hybridized carbons (Fsp3) is 0.474. The van der Waals surface area contributed by atoms with Gasteiger partial charge in [-0.05, 0) is 72.6 Å². The van der Waals surface area contributed by atoms with Gasteiger partial charge in [0.25, 0.3) is 0 Å². The van der Waals surface area contributed by atoms with Gasteiger partial charge < -0.3 is 29.0 Å². The standard InChI is InChI=1S/C38H49NO7/c1-43-34-19-15-32(16-20-34)38(31-11-7-6-8-12-31,33-17-21-35(44-2)22-18-33)46-28-30(27-40)29-23-25-39(26-24-29)36(41)13-9-4-5-10-14-37(42)45-3/h6-8,11-12,15-22,29-30,40H,4-5,9-10,13-14,23-28H2,1-3H3. The van der Waals surface area contributed by atoms with Crippen LogP contribution in [0.5, 0.6) is 11.5 Å². The van der Waals surface area contributed by atoms with Crippen LogP contribution in [0.15, 0.2) is 78.9 Å². The second kappa shape index (κ2) is 17.7. The number of hydrogen-bond acceptors (Lipinski definition) is 7. The summed E-state index contributed by atoms with van der Waals surface area (Å²) in [7, 11) is 4.71. The lowest BCUT2D eigenvalue weighted by molar-refractivity contribution is -0.140. The van der Waals surface area contributed by atoms with Crippen LogP contribution in [0.4, 0.5) is 0 Å². The van der Waals surface area contributed by atoms with E-state index < -0.39 is 5.60 Å². The second-order valence-corrected chi connectivity index (χ2v) is 12.0. The summed E-state index contributed by atoms with van der Waals surface area (Å²) in [5.74, 6) is 1.66. The molecule has 1 aliphatic rings. The molecule has 1 aliphatic heterocycles. The average Bonchev–Trinajstić information content (AvgIpc) is 3.12. The van der Waals surface area contributed by atoms with E-state index in [0.29, 0.717) is 32.5 Å². The molecule has 8 nitrogen and oxygen atoms in total. The number of aliphatic hydroxyl groups excluding tert-OH is 1. The topological polar surface area (TPSA) is 94.5 Å². The third-order valence-electron chi connectivity index (χ3n) is 9.23. The van der Waals surface area contributed by atoms with Gasteiger partial charge in [0.15, 0.2) is 0 Å². The van der Waals surface area contributed by atoms with Crippen molar-refractivity contribution >= 4 is 11.9 Å². The first-order valence-electron chi connectivity index (χ1n) is 16.4. The molecule has 0 saturated carbocycles. The van der Waals surface area contributed by atoms with Crippen LogP contribution in [-0.4, -0.2) is 69.5 Å². The van der Waals surface area contributed by atoms with Crippen molar-refractivity contribution in [3.8, 4) is 11.5 Å². The number of rotatable bonds is 17. The average molecular weight is 632 g/mol. The van der Waals surface area contributed by atoms with Gasteiger partial charge in [0.05, 0.1) is 27.9 Å². The van der Waals surface area contributed by atoms with Crippen LogP contribution in [0.25, 0.3) is 0 Å². The molecular weight excluding hydrogens is 582 g/mol. The zero-order chi connectivity index (χ0) is 32.8. The predicted octanol–water partition coefficient (Wildman–Crippen LogP) is 6.37. The molecule has 3 aromatic rings. The second-order valence-electron chi connectivity index (χ2n) is 12.0. The molecule has 0 aromatic heterocycles. The Morgan fingerprint density at radius 3 is 1.78 bits per heavy atom. The lowest BCUT2D eigenvalue weighted by atomic mass is 9.79. The highest BCUT2D eigenvalue weighted by molar-refractivity contribution is 5.76. The highest BCUT2D eigenvalue weighted by Gasteiger charge is 2.39. The molecule has 1 amide bonds. The summed E-state index contributed by atoms with van der Waals surface area (Å²) in [5, 5.41) is 10.6. The largest absolute Gasteiger partial charge is 0.497 e. The fourth-order valence-electron chi connectivity index (χ4n) is 6.42. The lowest BCUT2D eigenvalue weighted by Crippen LogP contribution is -2.42. The monoisotopic (exact) mass is 631 g/mol. The summed E-state index contributed by atoms with van der Waals surface area (Å²) < 4.78 is 22.7. The van der Waals surface area contributed by atoms with E-state index in [2.05, 4.69) is 16.9 Å². The summed E-state index contributed by atoms with van der Waals surface area (Å²) in [5.41, 5.74) is 1.94. The normalized spacial score (nSPS) is 14.5. The van der Waals surface area contributed by atoms with Crippen molar-refractivity contribution in [2.24, 2.45) is 11.8 Å². The summed E-state index contributed by atoms with van der Waals surface area (Å²) in [6.45, 7) is 1.71. The first-order valence-corrected chi connectivity index (χ1v) is 16.4. The zero-order valence-corrected chi connectivity index (χ0v) is 27.5. The molecule has 3 aromatic carbocycles. The third kappa shape index (κ3) is 8.89. The van der Waals surface area contributed by atoms with E-state index in [9.17, 15) is 14.7 Å². The molecule has 46 heavy (non-hydrogen) atoms. The van der Waals surface area contributed by atoms with E-state index >= 15 is 0 Å². The molecule has 1 atom stereocenters. The first-order chi connectivity index (χ1) is 22.4. The number of aliphatic hydroxyl groups is 1. The lowest BCUT2D eigenvalue weighted by Gasteiger charge is -2.40. The maximum atomic E-state index is 12.9. The number of likely N-dealkylation sites (tertiary alicyclic amines) is 1. The third-order valence-corrected chi connectivity index (χ3v) is 9.23. The van der Waals surface area contributed by atoms with Gasteiger partial charge in [0.2, 0.25) is 5.91 Å². The van der Waals surface area contributed by atoms with Gasteiger partial charge in [-0.3, -0.25) is 9.59 Å². The van der Waals surface area contributed by atoms with Crippen LogP contribution in [0.1, 0.15) is 68.1 Å². The van der Waals surface area contributed by atoms with Crippen LogP contribution >= 0.6 is 0 Å². The Bertz CT molecular complexity index is 1290. The number of nitrogens with zero attached hydrogens (tertiary/aromatic N) is 1. The number of esters is 1. The smallest absolute Gasteiger partial charge is 0.305 e. The molecule has 0 radical (unpaired) electrons. The molecule has 1 unspecified atom stereocenters. The quantitative estimate of drug-likeness (QED) is 0.105. The number of unbranched alkanes of at least 4 members (excludes halogenated alkanes) is 3. The van der Waals surface area contributed by atoms with Crippen molar-refractivity contribution in [1.82, 2.24) is 4.90 Å².